The second-order valence-electron chi connectivity index (χ2n) is 5.03. The van der Waals surface area contributed by atoms with Gasteiger partial charge >= 0.3 is 6.03 Å². The lowest BCUT2D eigenvalue weighted by Gasteiger charge is -2.31. The molecular weight excluding hydrogens is 238 g/mol. The number of hydrogen-bond donors (Lipinski definition) is 3. The lowest BCUT2D eigenvalue weighted by atomic mass is 9.88. The summed E-state index contributed by atoms with van der Waals surface area (Å²) in [6.07, 6.45) is 5.87. The van der Waals surface area contributed by atoms with E-state index < -0.39 is 0 Å². The van der Waals surface area contributed by atoms with Crippen LogP contribution in [0, 0.1) is 0 Å². The molecule has 0 aliphatic heterocycles. The van der Waals surface area contributed by atoms with E-state index in [4.69, 9.17) is 5.73 Å². The van der Waals surface area contributed by atoms with Crippen molar-refractivity contribution in [2.45, 2.75) is 31.2 Å². The molecule has 0 unspecified atom stereocenters. The van der Waals surface area contributed by atoms with Gasteiger partial charge in [-0.2, -0.15) is 0 Å². The average molecular weight is 259 g/mol. The third kappa shape index (κ3) is 3.08. The standard InChI is InChI=1S/C15H21N3O/c1-2-11-17-14(19)18-15(9-3-4-10-15)12-5-7-13(16)8-6-12/h2,5-8H,1,3-4,9-11,16H2,(H2,17,18,19). The number of carbonyl (C=O) groups is 1. The van der Waals surface area contributed by atoms with Crippen LogP contribution >= 0.6 is 0 Å². The van der Waals surface area contributed by atoms with E-state index in [9.17, 15) is 4.79 Å². The van der Waals surface area contributed by atoms with Gasteiger partial charge in [0.15, 0.2) is 0 Å². The maximum absolute atomic E-state index is 11.9. The van der Waals surface area contributed by atoms with E-state index in [1.807, 2.05) is 24.3 Å². The number of anilines is 1. The van der Waals surface area contributed by atoms with Crippen LogP contribution in [0.3, 0.4) is 0 Å². The number of nitrogen functional groups attached to an aromatic ring is 1. The minimum atomic E-state index is -0.251. The molecule has 1 aromatic rings. The Hall–Kier alpha value is -1.97. The number of nitrogens with two attached hydrogens (primary N) is 1. The van der Waals surface area contributed by atoms with Gasteiger partial charge in [-0.15, -0.1) is 6.58 Å². The monoisotopic (exact) mass is 259 g/mol. The van der Waals surface area contributed by atoms with Gasteiger partial charge in [0.1, 0.15) is 0 Å². The van der Waals surface area contributed by atoms with Crippen LogP contribution in [0.15, 0.2) is 36.9 Å². The van der Waals surface area contributed by atoms with E-state index in [0.717, 1.165) is 36.9 Å². The smallest absolute Gasteiger partial charge is 0.315 e. The van der Waals surface area contributed by atoms with Crippen LogP contribution in [0.4, 0.5) is 10.5 Å². The Morgan fingerprint density at radius 2 is 1.95 bits per heavy atom. The Bertz CT molecular complexity index is 447. The molecule has 4 heteroatoms. The zero-order valence-electron chi connectivity index (χ0n) is 11.1. The lowest BCUT2D eigenvalue weighted by Crippen LogP contribution is -2.48. The van der Waals surface area contributed by atoms with Crippen LogP contribution in [0.1, 0.15) is 31.2 Å². The summed E-state index contributed by atoms with van der Waals surface area (Å²) in [5.41, 5.74) is 7.35. The van der Waals surface area contributed by atoms with Crippen molar-refractivity contribution in [3.05, 3.63) is 42.5 Å². The molecule has 4 nitrogen and oxygen atoms in total. The molecule has 0 bridgehead atoms. The summed E-state index contributed by atoms with van der Waals surface area (Å²) < 4.78 is 0. The molecule has 0 saturated heterocycles. The first-order valence-electron chi connectivity index (χ1n) is 6.69. The van der Waals surface area contributed by atoms with E-state index in [2.05, 4.69) is 17.2 Å². The molecule has 0 atom stereocenters. The molecule has 19 heavy (non-hydrogen) atoms. The van der Waals surface area contributed by atoms with Gasteiger partial charge in [0.25, 0.3) is 0 Å². The summed E-state index contributed by atoms with van der Waals surface area (Å²) in [6, 6.07) is 7.65. The normalized spacial score (nSPS) is 16.8. The third-order valence-corrected chi connectivity index (χ3v) is 3.68. The minimum absolute atomic E-state index is 0.140. The topological polar surface area (TPSA) is 67.2 Å². The third-order valence-electron chi connectivity index (χ3n) is 3.68. The number of rotatable bonds is 4. The molecule has 2 amide bonds. The van der Waals surface area contributed by atoms with Crippen LogP contribution in [-0.2, 0) is 5.54 Å². The molecule has 0 spiro atoms. The van der Waals surface area contributed by atoms with Crippen molar-refractivity contribution in [2.24, 2.45) is 0 Å². The van der Waals surface area contributed by atoms with E-state index in [-0.39, 0.29) is 11.6 Å². The number of amides is 2. The first kappa shape index (κ1) is 13.5. The second kappa shape index (κ2) is 5.78. The molecule has 1 aliphatic rings. The van der Waals surface area contributed by atoms with Gasteiger partial charge in [0.2, 0.25) is 0 Å². The van der Waals surface area contributed by atoms with Crippen LogP contribution < -0.4 is 16.4 Å². The Morgan fingerprint density at radius 1 is 1.32 bits per heavy atom. The summed E-state index contributed by atoms with van der Waals surface area (Å²) in [7, 11) is 0. The SMILES string of the molecule is C=CCNC(=O)NC1(c2ccc(N)cc2)CCCC1. The Labute approximate surface area is 114 Å². The van der Waals surface area contributed by atoms with Gasteiger partial charge < -0.3 is 16.4 Å². The Balaban J connectivity index is 2.15. The number of benzene rings is 1. The van der Waals surface area contributed by atoms with Gasteiger partial charge in [0, 0.05) is 12.2 Å². The fourth-order valence-electron chi connectivity index (χ4n) is 2.69. The molecule has 1 aromatic carbocycles. The van der Waals surface area contributed by atoms with Gasteiger partial charge in [-0.05, 0) is 30.5 Å². The molecule has 1 saturated carbocycles. The molecule has 0 heterocycles. The number of nitrogens with one attached hydrogen (secondary N) is 2. The largest absolute Gasteiger partial charge is 0.399 e. The molecule has 102 valence electrons. The summed E-state index contributed by atoms with van der Waals surface area (Å²) in [5.74, 6) is 0. The van der Waals surface area contributed by atoms with E-state index >= 15 is 0 Å². The fraction of sp³-hybridized carbons (Fsp3) is 0.400. The number of urea groups is 1. The van der Waals surface area contributed by atoms with E-state index in [0.29, 0.717) is 6.54 Å². The molecule has 0 aromatic heterocycles. The highest BCUT2D eigenvalue weighted by Crippen LogP contribution is 2.38. The summed E-state index contributed by atoms with van der Waals surface area (Å²) >= 11 is 0. The molecular formula is C15H21N3O. The molecule has 1 aliphatic carbocycles. The van der Waals surface area contributed by atoms with Crippen molar-refractivity contribution in [2.75, 3.05) is 12.3 Å². The van der Waals surface area contributed by atoms with E-state index in [1.165, 1.54) is 0 Å². The van der Waals surface area contributed by atoms with Crippen LogP contribution in [0.2, 0.25) is 0 Å². The van der Waals surface area contributed by atoms with Crippen molar-refractivity contribution < 1.29 is 4.79 Å². The van der Waals surface area contributed by atoms with Crippen molar-refractivity contribution in [1.29, 1.82) is 0 Å². The quantitative estimate of drug-likeness (QED) is 0.574. The molecule has 0 radical (unpaired) electrons. The molecule has 2 rings (SSSR count). The van der Waals surface area contributed by atoms with Crippen LogP contribution in [0.5, 0.6) is 0 Å². The highest BCUT2D eigenvalue weighted by molar-refractivity contribution is 5.75. The fourth-order valence-corrected chi connectivity index (χ4v) is 2.69. The summed E-state index contributed by atoms with van der Waals surface area (Å²) in [5, 5.41) is 5.90. The highest BCUT2D eigenvalue weighted by atomic mass is 16.2. The summed E-state index contributed by atoms with van der Waals surface area (Å²) in [4.78, 5) is 11.9. The van der Waals surface area contributed by atoms with Gasteiger partial charge in [-0.3, -0.25) is 0 Å². The predicted molar refractivity (Wildman–Crippen MR) is 77.7 cm³/mol. The van der Waals surface area contributed by atoms with Crippen molar-refractivity contribution in [3.63, 3.8) is 0 Å². The zero-order valence-corrected chi connectivity index (χ0v) is 11.1. The van der Waals surface area contributed by atoms with Crippen molar-refractivity contribution >= 4 is 11.7 Å². The van der Waals surface area contributed by atoms with Gasteiger partial charge in [0.05, 0.1) is 5.54 Å². The Morgan fingerprint density at radius 3 is 2.53 bits per heavy atom. The zero-order chi connectivity index (χ0) is 13.7. The van der Waals surface area contributed by atoms with Crippen molar-refractivity contribution in [1.82, 2.24) is 10.6 Å². The summed E-state index contributed by atoms with van der Waals surface area (Å²) in [6.45, 7) is 4.07. The maximum Gasteiger partial charge on any atom is 0.315 e. The molecule has 4 N–H and O–H groups in total. The van der Waals surface area contributed by atoms with Crippen LogP contribution in [-0.4, -0.2) is 12.6 Å². The van der Waals surface area contributed by atoms with Gasteiger partial charge in [-0.1, -0.05) is 31.1 Å². The lowest BCUT2D eigenvalue weighted by molar-refractivity contribution is 0.225. The first-order valence-corrected chi connectivity index (χ1v) is 6.69. The molecule has 1 fully saturated rings. The number of hydrogen-bond acceptors (Lipinski definition) is 2. The second-order valence-corrected chi connectivity index (χ2v) is 5.03. The minimum Gasteiger partial charge on any atom is -0.399 e. The average Bonchev–Trinajstić information content (AvgIpc) is 2.86. The first-order chi connectivity index (χ1) is 9.16. The van der Waals surface area contributed by atoms with Crippen molar-refractivity contribution in [3.8, 4) is 0 Å². The Kier molecular flexibility index (Phi) is 4.10. The predicted octanol–water partition coefficient (Wildman–Crippen LogP) is 2.52. The van der Waals surface area contributed by atoms with Gasteiger partial charge in [-0.25, -0.2) is 4.79 Å². The van der Waals surface area contributed by atoms with E-state index in [1.54, 1.807) is 6.08 Å². The van der Waals surface area contributed by atoms with Crippen LogP contribution in [0.25, 0.3) is 0 Å². The maximum atomic E-state index is 11.9. The highest BCUT2D eigenvalue weighted by Gasteiger charge is 2.36. The number of carbonyl (C=O) groups excluding carboxylic acids is 1.